The quantitative estimate of drug-likeness (QED) is 0.0304. The van der Waals surface area contributed by atoms with Gasteiger partial charge in [-0.1, -0.05) is 181 Å². The van der Waals surface area contributed by atoms with Gasteiger partial charge in [-0.05, 0) is 0 Å². The number of unbranched alkanes of at least 4 members (excludes halogenated alkanes) is 26. The molecule has 0 bridgehead atoms. The molecule has 12 heteroatoms. The van der Waals surface area contributed by atoms with Crippen molar-refractivity contribution in [1.82, 2.24) is 8.75 Å². The Kier molecular flexibility index (Phi) is 22.8. The van der Waals surface area contributed by atoms with Crippen molar-refractivity contribution in [2.24, 2.45) is 8.73 Å². The topological polar surface area (TPSA) is 69.0 Å². The molecule has 7 aromatic rings. The van der Waals surface area contributed by atoms with Gasteiger partial charge >= 0.3 is 303 Å². The number of fused-ring (bicyclic) bond motifs is 4. The molecule has 6 heterocycles. The third kappa shape index (κ3) is 15.5. The first-order chi connectivity index (χ1) is 37.5. The molecule has 1 aliphatic heterocycles. The van der Waals surface area contributed by atoms with Crippen LogP contribution in [0.1, 0.15) is 210 Å². The summed E-state index contributed by atoms with van der Waals surface area (Å²) >= 11 is 6.48. The Morgan fingerprint density at radius 3 is 1.43 bits per heavy atom. The van der Waals surface area contributed by atoms with Crippen LogP contribution >= 0.6 is 34.4 Å². The van der Waals surface area contributed by atoms with Crippen molar-refractivity contribution in [3.05, 3.63) is 116 Å². The Hall–Kier alpha value is -3.44. The normalized spacial score (nSPS) is 14.5. The van der Waals surface area contributed by atoms with E-state index in [0.717, 1.165) is 84.6 Å². The Balaban J connectivity index is 0.900. The van der Waals surface area contributed by atoms with Crippen LogP contribution in [0.4, 0.5) is 11.4 Å². The first kappa shape index (κ1) is 57.3. The zero-order chi connectivity index (χ0) is 52.3. The SMILES string of the molecule is C=c1cc2c(s1)=c1s/c(=c3\cc/c(=c4\c5c(/c(=c6/ccc(=C)[se]6)c6nsnc46)N=S=N5)[se]3)cc1/C2=C\c1cc(OCCCCCCCCCCCCCCCC)cc(OCCCCCCCCCCCCCCCC)c1. The van der Waals surface area contributed by atoms with Crippen LogP contribution in [-0.2, 0) is 11.4 Å². The van der Waals surface area contributed by atoms with Crippen molar-refractivity contribution in [2.45, 2.75) is 194 Å². The van der Waals surface area contributed by atoms with E-state index >= 15 is 0 Å². The molecule has 1 aliphatic carbocycles. The van der Waals surface area contributed by atoms with Gasteiger partial charge in [0, 0.05) is 0 Å². The predicted molar refractivity (Wildman–Crippen MR) is 330 cm³/mol. The van der Waals surface area contributed by atoms with Crippen LogP contribution in [0.15, 0.2) is 63.3 Å². The zero-order valence-electron chi connectivity index (χ0n) is 45.5. The maximum atomic E-state index is 6.58. The summed E-state index contributed by atoms with van der Waals surface area (Å²) in [5.74, 6) is 1.80. The van der Waals surface area contributed by atoms with Crippen molar-refractivity contribution in [1.29, 1.82) is 0 Å². The number of nitrogens with zero attached hydrogens (tertiary/aromatic N) is 4. The molecule has 2 aromatic carbocycles. The second-order valence-electron chi connectivity index (χ2n) is 21.1. The Bertz CT molecular complexity index is 3570. The van der Waals surface area contributed by atoms with Gasteiger partial charge in [-0.2, -0.15) is 0 Å². The number of hydrogen-bond acceptors (Lipinski definition) is 9. The minimum absolute atomic E-state index is 0.0449. The molecule has 0 spiro atoms. The molecule has 404 valence electrons. The molecule has 0 N–H and O–H groups in total. The first-order valence-corrected chi connectivity index (χ1v) is 35.7. The number of thiophene rings is 2. The van der Waals surface area contributed by atoms with E-state index < -0.39 is 0 Å². The second-order valence-corrected chi connectivity index (χ2v) is 29.1. The summed E-state index contributed by atoms with van der Waals surface area (Å²) in [6, 6.07) is 20.2. The Morgan fingerprint density at radius 2 is 0.934 bits per heavy atom. The fraction of sp³-hybridized carbons (Fsp3) is 0.500. The van der Waals surface area contributed by atoms with E-state index in [2.05, 4.69) is 87.7 Å². The third-order valence-corrected chi connectivity index (χ3v) is 23.0. The summed E-state index contributed by atoms with van der Waals surface area (Å²) in [4.78, 5) is 0. The average molecular weight is 1220 g/mol. The van der Waals surface area contributed by atoms with E-state index in [1.54, 1.807) is 0 Å². The zero-order valence-corrected chi connectivity index (χ0v) is 52.1. The van der Waals surface area contributed by atoms with E-state index in [1.165, 1.54) is 233 Å². The molecule has 0 atom stereocenters. The molecule has 0 saturated heterocycles. The average Bonchev–Trinajstić information content (AvgIpc) is 4.33. The molecule has 6 nitrogen and oxygen atoms in total. The van der Waals surface area contributed by atoms with Gasteiger partial charge in [0.15, 0.2) is 0 Å². The van der Waals surface area contributed by atoms with Crippen molar-refractivity contribution in [3.8, 4) is 11.5 Å². The van der Waals surface area contributed by atoms with Crippen LogP contribution in [0.5, 0.6) is 11.5 Å². The predicted octanol–water partition coefficient (Wildman–Crippen LogP) is 18.2. The van der Waals surface area contributed by atoms with E-state index in [4.69, 9.17) is 26.9 Å². The van der Waals surface area contributed by atoms with Crippen molar-refractivity contribution in [3.63, 3.8) is 0 Å². The minimum atomic E-state index is 0.0449. The summed E-state index contributed by atoms with van der Waals surface area (Å²) < 4.78 is 42.8. The van der Waals surface area contributed by atoms with Crippen molar-refractivity contribution >= 4 is 122 Å². The van der Waals surface area contributed by atoms with E-state index in [9.17, 15) is 0 Å². The number of aromatic nitrogens is 2. The van der Waals surface area contributed by atoms with Crippen LogP contribution in [0.2, 0.25) is 0 Å². The molecule has 0 fully saturated rings. The Labute approximate surface area is 479 Å². The summed E-state index contributed by atoms with van der Waals surface area (Å²) in [5.41, 5.74) is 8.71. The van der Waals surface area contributed by atoms with Crippen molar-refractivity contribution < 1.29 is 9.47 Å². The van der Waals surface area contributed by atoms with E-state index in [1.807, 2.05) is 22.7 Å². The summed E-state index contributed by atoms with van der Waals surface area (Å²) in [7, 11) is 0. The molecule has 9 rings (SSSR count). The molecule has 0 unspecified atom stereocenters. The molecule has 76 heavy (non-hydrogen) atoms. The van der Waals surface area contributed by atoms with Gasteiger partial charge in [0.1, 0.15) is 0 Å². The van der Waals surface area contributed by atoms with Gasteiger partial charge in [-0.25, -0.2) is 0 Å². The summed E-state index contributed by atoms with van der Waals surface area (Å²) in [6.07, 6.45) is 40.2. The molecule has 0 saturated carbocycles. The van der Waals surface area contributed by atoms with E-state index in [0.29, 0.717) is 0 Å². The number of rotatable bonds is 33. The van der Waals surface area contributed by atoms with Crippen LogP contribution in [0.25, 0.3) is 35.8 Å². The molecule has 5 aromatic heterocycles. The van der Waals surface area contributed by atoms with Crippen molar-refractivity contribution in [2.75, 3.05) is 13.2 Å². The molecule has 0 radical (unpaired) electrons. The van der Waals surface area contributed by atoms with Gasteiger partial charge in [0.25, 0.3) is 0 Å². The summed E-state index contributed by atoms with van der Waals surface area (Å²) in [6.45, 7) is 14.7. The van der Waals surface area contributed by atoms with Crippen LogP contribution < -0.4 is 18.1 Å². The molecule has 2 aliphatic rings. The third-order valence-electron chi connectivity index (χ3n) is 15.0. The van der Waals surface area contributed by atoms with Gasteiger partial charge < -0.3 is 0 Å². The summed E-state index contributed by atoms with van der Waals surface area (Å²) in [5, 5.41) is 2.18. The van der Waals surface area contributed by atoms with Gasteiger partial charge in [-0.15, -0.1) is 0 Å². The number of ether oxygens (including phenoxy) is 2. The van der Waals surface area contributed by atoms with Crippen LogP contribution in [0, 0.1) is 36.3 Å². The van der Waals surface area contributed by atoms with Gasteiger partial charge in [-0.3, -0.25) is 0 Å². The number of hydrogen-bond donors (Lipinski definition) is 0. The standard InChI is InChI=1S/C64H80N4O2S4Se2/c1-5-7-9-11-13-15-17-19-21-23-25-27-29-31-37-69-48-40-47(41-49(43-48)70-38-32-30-28-26-24-22-20-18-16-14-12-10-8-6-2)42-50-51-39-45(3)71-63(51)64-52(50)44-53(72-64)54-35-36-56(76-54)58-61-59(65-73-67-61)57(55-34-33-46(4)75-55)60-62(58)68-74-66-60/h33-36,39-44H,3-32,37-38H2,1-2H3/b50-42-,54-53+,57-55-,58-56+. The fourth-order valence-corrected chi connectivity index (χ4v) is 18.4. The second kappa shape index (κ2) is 30.2. The number of benzene rings is 2. The van der Waals surface area contributed by atoms with Gasteiger partial charge in [0.05, 0.1) is 0 Å². The Morgan fingerprint density at radius 1 is 0.487 bits per heavy atom. The molecule has 0 amide bonds. The molecular formula is C64H80N4O2S4Se2. The van der Waals surface area contributed by atoms with Crippen LogP contribution in [0.3, 0.4) is 0 Å². The van der Waals surface area contributed by atoms with Crippen LogP contribution in [-0.4, -0.2) is 51.0 Å². The fourth-order valence-electron chi connectivity index (χ4n) is 10.8. The first-order valence-electron chi connectivity index (χ1n) is 29.2. The monoisotopic (exact) mass is 1220 g/mol. The molecular weight excluding hydrogens is 1140 g/mol. The maximum absolute atomic E-state index is 6.58. The van der Waals surface area contributed by atoms with Gasteiger partial charge in [0.2, 0.25) is 0 Å². The van der Waals surface area contributed by atoms with E-state index in [-0.39, 0.29) is 29.0 Å².